The van der Waals surface area contributed by atoms with Crippen molar-refractivity contribution in [3.63, 3.8) is 0 Å². The van der Waals surface area contributed by atoms with Gasteiger partial charge >= 0.3 is 0 Å². The number of nitrogens with two attached hydrogens (primary N) is 1. The number of phenolic OH excluding ortho intramolecular Hbond substituents is 1. The highest BCUT2D eigenvalue weighted by Crippen LogP contribution is 2.32. The van der Waals surface area contributed by atoms with Gasteiger partial charge in [-0.05, 0) is 37.1 Å². The first-order chi connectivity index (χ1) is 6.69. The molecule has 0 aliphatic carbocycles. The minimum atomic E-state index is 0.169. The minimum Gasteiger partial charge on any atom is -0.504 e. The molecular weight excluding hydrogens is 246 g/mol. The van der Waals surface area contributed by atoms with Crippen LogP contribution in [0.3, 0.4) is 0 Å². The number of aromatic hydroxyl groups is 1. The molecule has 0 spiro atoms. The van der Waals surface area contributed by atoms with E-state index in [1.165, 1.54) is 7.11 Å². The van der Waals surface area contributed by atoms with Gasteiger partial charge in [0.2, 0.25) is 0 Å². The molecule has 0 amide bonds. The van der Waals surface area contributed by atoms with Crippen molar-refractivity contribution in [1.82, 2.24) is 0 Å². The van der Waals surface area contributed by atoms with Crippen LogP contribution in [0.15, 0.2) is 16.6 Å². The maximum Gasteiger partial charge on any atom is 0.161 e. The Labute approximate surface area is 92.0 Å². The van der Waals surface area contributed by atoms with Crippen LogP contribution in [0, 0.1) is 0 Å². The van der Waals surface area contributed by atoms with Gasteiger partial charge in [0.1, 0.15) is 0 Å². The number of benzene rings is 1. The Morgan fingerprint density at radius 1 is 1.50 bits per heavy atom. The van der Waals surface area contributed by atoms with E-state index in [2.05, 4.69) is 15.9 Å². The summed E-state index contributed by atoms with van der Waals surface area (Å²) in [4.78, 5) is 0. The molecule has 0 saturated heterocycles. The Morgan fingerprint density at radius 3 is 2.79 bits per heavy atom. The Hall–Kier alpha value is -0.740. The van der Waals surface area contributed by atoms with Gasteiger partial charge in [-0.2, -0.15) is 0 Å². The smallest absolute Gasteiger partial charge is 0.161 e. The summed E-state index contributed by atoms with van der Waals surface area (Å²) in [6.45, 7) is 0.652. The van der Waals surface area contributed by atoms with Crippen molar-refractivity contribution in [2.45, 2.75) is 12.8 Å². The fourth-order valence-electron chi connectivity index (χ4n) is 1.23. The minimum absolute atomic E-state index is 0.169. The number of ether oxygens (including phenoxy) is 1. The fourth-order valence-corrected chi connectivity index (χ4v) is 1.76. The molecule has 0 bridgehead atoms. The van der Waals surface area contributed by atoms with Gasteiger partial charge in [0.05, 0.1) is 7.11 Å². The van der Waals surface area contributed by atoms with Gasteiger partial charge in [0.15, 0.2) is 11.5 Å². The zero-order chi connectivity index (χ0) is 10.6. The molecule has 14 heavy (non-hydrogen) atoms. The number of hydrogen-bond acceptors (Lipinski definition) is 3. The normalized spacial score (nSPS) is 10.2. The molecule has 0 saturated carbocycles. The summed E-state index contributed by atoms with van der Waals surface area (Å²) in [6.07, 6.45) is 1.76. The lowest BCUT2D eigenvalue weighted by molar-refractivity contribution is 0.372. The lowest BCUT2D eigenvalue weighted by Crippen LogP contribution is -2.00. The van der Waals surface area contributed by atoms with E-state index < -0.39 is 0 Å². The third-order valence-corrected chi connectivity index (χ3v) is 2.74. The lowest BCUT2D eigenvalue weighted by atomic mass is 10.1. The summed E-state index contributed by atoms with van der Waals surface area (Å²) in [5, 5.41) is 9.54. The van der Waals surface area contributed by atoms with Crippen LogP contribution in [-0.2, 0) is 6.42 Å². The molecule has 1 rings (SSSR count). The van der Waals surface area contributed by atoms with Crippen molar-refractivity contribution in [3.05, 3.63) is 22.2 Å². The summed E-state index contributed by atoms with van der Waals surface area (Å²) >= 11 is 3.42. The maximum absolute atomic E-state index is 9.54. The molecule has 3 nitrogen and oxygen atoms in total. The Morgan fingerprint density at radius 2 is 2.21 bits per heavy atom. The van der Waals surface area contributed by atoms with Crippen LogP contribution in [0.4, 0.5) is 0 Å². The molecule has 0 aliphatic rings. The highest BCUT2D eigenvalue weighted by atomic mass is 79.9. The number of aryl methyl sites for hydroxylation is 1. The van der Waals surface area contributed by atoms with E-state index in [-0.39, 0.29) is 5.75 Å². The summed E-state index contributed by atoms with van der Waals surface area (Å²) in [7, 11) is 1.53. The van der Waals surface area contributed by atoms with Crippen LogP contribution >= 0.6 is 15.9 Å². The number of rotatable bonds is 4. The topological polar surface area (TPSA) is 55.5 Å². The third-order valence-electron chi connectivity index (χ3n) is 2.00. The van der Waals surface area contributed by atoms with E-state index >= 15 is 0 Å². The van der Waals surface area contributed by atoms with Crippen LogP contribution < -0.4 is 10.5 Å². The second-order valence-corrected chi connectivity index (χ2v) is 3.86. The first-order valence-corrected chi connectivity index (χ1v) is 5.23. The van der Waals surface area contributed by atoms with Crippen molar-refractivity contribution < 1.29 is 9.84 Å². The molecule has 0 aromatic heterocycles. The Kier molecular flexibility index (Phi) is 4.22. The van der Waals surface area contributed by atoms with Gasteiger partial charge in [-0.25, -0.2) is 0 Å². The Bertz CT molecular complexity index is 315. The summed E-state index contributed by atoms with van der Waals surface area (Å²) in [5.41, 5.74) is 6.47. The van der Waals surface area contributed by atoms with Crippen LogP contribution in [0.25, 0.3) is 0 Å². The Balaban J connectivity index is 2.90. The van der Waals surface area contributed by atoms with Gasteiger partial charge in [0, 0.05) is 4.47 Å². The van der Waals surface area contributed by atoms with Crippen molar-refractivity contribution in [2.24, 2.45) is 5.73 Å². The zero-order valence-electron chi connectivity index (χ0n) is 8.09. The molecule has 0 fully saturated rings. The quantitative estimate of drug-likeness (QED) is 0.871. The van der Waals surface area contributed by atoms with Crippen molar-refractivity contribution in [1.29, 1.82) is 0 Å². The highest BCUT2D eigenvalue weighted by molar-refractivity contribution is 9.10. The summed E-state index contributed by atoms with van der Waals surface area (Å²) in [6, 6.07) is 3.47. The van der Waals surface area contributed by atoms with E-state index in [1.807, 2.05) is 0 Å². The average Bonchev–Trinajstić information content (AvgIpc) is 2.18. The molecule has 0 unspecified atom stereocenters. The fraction of sp³-hybridized carbons (Fsp3) is 0.400. The van der Waals surface area contributed by atoms with Crippen LogP contribution in [-0.4, -0.2) is 18.8 Å². The monoisotopic (exact) mass is 259 g/mol. The molecule has 1 aromatic rings. The summed E-state index contributed by atoms with van der Waals surface area (Å²) in [5.74, 6) is 0.649. The number of halogens is 1. The molecule has 78 valence electrons. The first kappa shape index (κ1) is 11.3. The van der Waals surface area contributed by atoms with Gasteiger partial charge in [-0.15, -0.1) is 0 Å². The van der Waals surface area contributed by atoms with E-state index in [0.717, 1.165) is 22.9 Å². The molecule has 1 aromatic carbocycles. The number of methoxy groups -OCH3 is 1. The van der Waals surface area contributed by atoms with E-state index in [9.17, 15) is 5.11 Å². The second kappa shape index (κ2) is 5.22. The molecule has 0 aliphatic heterocycles. The van der Waals surface area contributed by atoms with Crippen LogP contribution in [0.2, 0.25) is 0 Å². The largest absolute Gasteiger partial charge is 0.504 e. The molecule has 0 atom stereocenters. The average molecular weight is 260 g/mol. The van der Waals surface area contributed by atoms with Gasteiger partial charge < -0.3 is 15.6 Å². The highest BCUT2D eigenvalue weighted by Gasteiger charge is 2.07. The van der Waals surface area contributed by atoms with Gasteiger partial charge in [-0.1, -0.05) is 15.9 Å². The molecule has 3 N–H and O–H groups in total. The molecule has 4 heteroatoms. The number of hydrogen-bond donors (Lipinski definition) is 2. The maximum atomic E-state index is 9.54. The molecule has 0 radical (unpaired) electrons. The second-order valence-electron chi connectivity index (χ2n) is 3.01. The first-order valence-electron chi connectivity index (χ1n) is 4.44. The molecular formula is C10H14BrNO2. The third kappa shape index (κ3) is 2.62. The zero-order valence-corrected chi connectivity index (χ0v) is 9.67. The standard InChI is InChI=1S/C10H14BrNO2/c1-14-10-6-8(11)7(3-2-4-12)5-9(10)13/h5-6,13H,2-4,12H2,1H3. The van der Waals surface area contributed by atoms with E-state index in [1.54, 1.807) is 12.1 Å². The predicted molar refractivity (Wildman–Crippen MR) is 59.7 cm³/mol. The van der Waals surface area contributed by atoms with Crippen LogP contribution in [0.1, 0.15) is 12.0 Å². The predicted octanol–water partition coefficient (Wildman–Crippen LogP) is 2.05. The lowest BCUT2D eigenvalue weighted by Gasteiger charge is -2.08. The van der Waals surface area contributed by atoms with E-state index in [0.29, 0.717) is 12.3 Å². The number of phenols is 1. The van der Waals surface area contributed by atoms with E-state index in [4.69, 9.17) is 10.5 Å². The van der Waals surface area contributed by atoms with Crippen molar-refractivity contribution in [3.8, 4) is 11.5 Å². The van der Waals surface area contributed by atoms with Gasteiger partial charge in [0.25, 0.3) is 0 Å². The molecule has 0 heterocycles. The summed E-state index contributed by atoms with van der Waals surface area (Å²) < 4.78 is 5.93. The van der Waals surface area contributed by atoms with Crippen LogP contribution in [0.5, 0.6) is 11.5 Å². The SMILES string of the molecule is COc1cc(Br)c(CCCN)cc1O. The van der Waals surface area contributed by atoms with Gasteiger partial charge in [-0.3, -0.25) is 0 Å². The van der Waals surface area contributed by atoms with Crippen molar-refractivity contribution in [2.75, 3.05) is 13.7 Å². The van der Waals surface area contributed by atoms with Crippen molar-refractivity contribution >= 4 is 15.9 Å².